The third-order valence-electron chi connectivity index (χ3n) is 6.23. The summed E-state index contributed by atoms with van der Waals surface area (Å²) in [5.41, 5.74) is 6.00. The summed E-state index contributed by atoms with van der Waals surface area (Å²) in [5, 5.41) is 5.66. The number of nitrogens with zero attached hydrogens (tertiary/aromatic N) is 1. The van der Waals surface area contributed by atoms with Gasteiger partial charge in [0.15, 0.2) is 0 Å². The zero-order chi connectivity index (χ0) is 23.4. The number of rotatable bonds is 6. The number of hydrogen-bond acceptors (Lipinski definition) is 3. The fourth-order valence-corrected chi connectivity index (χ4v) is 4.29. The highest BCUT2D eigenvalue weighted by Crippen LogP contribution is 2.26. The summed E-state index contributed by atoms with van der Waals surface area (Å²) < 4.78 is 0. The number of hydrogen-bond donors (Lipinski definition) is 2. The van der Waals surface area contributed by atoms with Crippen molar-refractivity contribution in [3.63, 3.8) is 0 Å². The van der Waals surface area contributed by atoms with Gasteiger partial charge in [-0.1, -0.05) is 55.8 Å². The van der Waals surface area contributed by atoms with Gasteiger partial charge in [-0.2, -0.15) is 0 Å². The molecule has 1 aliphatic heterocycles. The highest BCUT2D eigenvalue weighted by atomic mass is 16.2. The number of anilines is 1. The van der Waals surface area contributed by atoms with Crippen LogP contribution in [0.3, 0.4) is 0 Å². The first-order chi connectivity index (χ1) is 15.2. The molecule has 2 N–H and O–H groups in total. The van der Waals surface area contributed by atoms with E-state index in [2.05, 4.69) is 10.6 Å². The van der Waals surface area contributed by atoms with Gasteiger partial charge in [0.05, 0.1) is 6.54 Å². The number of aryl methyl sites for hydroxylation is 3. The lowest BCUT2D eigenvalue weighted by atomic mass is 9.92. The van der Waals surface area contributed by atoms with E-state index >= 15 is 0 Å². The Morgan fingerprint density at radius 1 is 1.06 bits per heavy atom. The van der Waals surface area contributed by atoms with Crippen LogP contribution in [0, 0.1) is 26.7 Å². The predicted octanol–water partition coefficient (Wildman–Crippen LogP) is 3.67. The Labute approximate surface area is 190 Å². The van der Waals surface area contributed by atoms with Crippen LogP contribution in [0.2, 0.25) is 0 Å². The smallest absolute Gasteiger partial charge is 0.243 e. The fourth-order valence-electron chi connectivity index (χ4n) is 4.29. The van der Waals surface area contributed by atoms with Crippen LogP contribution in [0.25, 0.3) is 0 Å². The molecule has 6 heteroatoms. The van der Waals surface area contributed by atoms with Gasteiger partial charge in [0.2, 0.25) is 17.7 Å². The van der Waals surface area contributed by atoms with Gasteiger partial charge in [-0.05, 0) is 49.4 Å². The lowest BCUT2D eigenvalue weighted by Crippen LogP contribution is -2.54. The molecule has 2 aromatic rings. The van der Waals surface area contributed by atoms with Gasteiger partial charge in [-0.3, -0.25) is 14.4 Å². The molecule has 1 heterocycles. The summed E-state index contributed by atoms with van der Waals surface area (Å²) in [4.78, 5) is 40.3. The summed E-state index contributed by atoms with van der Waals surface area (Å²) in [6.07, 6.45) is 1.16. The Kier molecular flexibility index (Phi) is 7.33. The van der Waals surface area contributed by atoms with Crippen molar-refractivity contribution >= 4 is 23.4 Å². The van der Waals surface area contributed by atoms with Gasteiger partial charge in [0.1, 0.15) is 6.04 Å². The average molecular weight is 436 g/mol. The number of carbonyl (C=O) groups excluding carboxylic acids is 3. The predicted molar refractivity (Wildman–Crippen MR) is 126 cm³/mol. The molecule has 0 aromatic heterocycles. The average Bonchev–Trinajstić information content (AvgIpc) is 2.77. The highest BCUT2D eigenvalue weighted by molar-refractivity contribution is 5.97. The first-order valence-electron chi connectivity index (χ1n) is 11.2. The molecule has 6 nitrogen and oxygen atoms in total. The molecule has 2 aromatic carbocycles. The van der Waals surface area contributed by atoms with Crippen molar-refractivity contribution < 1.29 is 14.4 Å². The molecule has 0 aliphatic carbocycles. The maximum Gasteiger partial charge on any atom is 0.243 e. The first-order valence-corrected chi connectivity index (χ1v) is 11.2. The quantitative estimate of drug-likeness (QED) is 0.727. The summed E-state index contributed by atoms with van der Waals surface area (Å²) in [5.74, 6) is -0.781. The molecular weight excluding hydrogens is 402 g/mol. The summed E-state index contributed by atoms with van der Waals surface area (Å²) in [7, 11) is 0. The molecule has 0 radical (unpaired) electrons. The minimum Gasteiger partial charge on any atom is -0.345 e. The van der Waals surface area contributed by atoms with E-state index in [4.69, 9.17) is 0 Å². The molecule has 0 fully saturated rings. The zero-order valence-corrected chi connectivity index (χ0v) is 19.6. The van der Waals surface area contributed by atoms with Crippen molar-refractivity contribution in [3.8, 4) is 0 Å². The van der Waals surface area contributed by atoms with E-state index in [0.717, 1.165) is 33.5 Å². The molecule has 32 heavy (non-hydrogen) atoms. The van der Waals surface area contributed by atoms with E-state index in [1.165, 1.54) is 0 Å². The Morgan fingerprint density at radius 3 is 2.31 bits per heavy atom. The van der Waals surface area contributed by atoms with E-state index in [-0.39, 0.29) is 30.2 Å². The van der Waals surface area contributed by atoms with Crippen LogP contribution < -0.4 is 10.6 Å². The van der Waals surface area contributed by atoms with E-state index in [1.54, 1.807) is 4.90 Å². The number of amides is 3. The molecule has 3 rings (SSSR count). The number of nitrogens with one attached hydrogen (secondary N) is 2. The Morgan fingerprint density at radius 2 is 1.69 bits per heavy atom. The second-order valence-corrected chi connectivity index (χ2v) is 8.80. The van der Waals surface area contributed by atoms with Gasteiger partial charge in [-0.25, -0.2) is 0 Å². The third-order valence-corrected chi connectivity index (χ3v) is 6.23. The van der Waals surface area contributed by atoms with Gasteiger partial charge in [0, 0.05) is 24.6 Å². The molecule has 170 valence electrons. The molecule has 0 saturated heterocycles. The molecular formula is C26H33N3O3. The van der Waals surface area contributed by atoms with Gasteiger partial charge >= 0.3 is 0 Å². The highest BCUT2D eigenvalue weighted by Gasteiger charge is 2.35. The number of fused-ring (bicyclic) bond motifs is 1. The Balaban J connectivity index is 1.70. The second-order valence-electron chi connectivity index (χ2n) is 8.80. The molecule has 0 saturated carbocycles. The topological polar surface area (TPSA) is 78.5 Å². The third kappa shape index (κ3) is 5.18. The van der Waals surface area contributed by atoms with E-state index in [9.17, 15) is 14.4 Å². The minimum absolute atomic E-state index is 0.0301. The summed E-state index contributed by atoms with van der Waals surface area (Å²) >= 11 is 0. The van der Waals surface area contributed by atoms with Gasteiger partial charge < -0.3 is 15.5 Å². The second kappa shape index (κ2) is 9.98. The number of benzene rings is 2. The summed E-state index contributed by atoms with van der Waals surface area (Å²) in [6.45, 7) is 10.0. The standard InChI is InChI=1S/C26H33N3O3/c1-6-17(3)26(32)29-15-21-10-8-7-9-20(21)13-22(29)25(31)27-14-23(30)28-24-18(4)11-16(2)12-19(24)5/h7-12,17,22H,6,13-15H2,1-5H3,(H,27,31)(H,28,30)/t17-,22-/m1/s1. The largest absolute Gasteiger partial charge is 0.345 e. The van der Waals surface area contributed by atoms with Crippen LogP contribution >= 0.6 is 0 Å². The van der Waals surface area contributed by atoms with Crippen LogP contribution in [0.4, 0.5) is 5.69 Å². The van der Waals surface area contributed by atoms with Crippen LogP contribution in [-0.4, -0.2) is 35.2 Å². The lowest BCUT2D eigenvalue weighted by Gasteiger charge is -2.37. The van der Waals surface area contributed by atoms with Crippen molar-refractivity contribution in [3.05, 3.63) is 64.2 Å². The molecule has 0 bridgehead atoms. The van der Waals surface area contributed by atoms with Crippen molar-refractivity contribution in [1.29, 1.82) is 0 Å². The first kappa shape index (κ1) is 23.5. The normalized spacial score (nSPS) is 16.2. The molecule has 2 atom stereocenters. The van der Waals surface area contributed by atoms with E-state index < -0.39 is 6.04 Å². The van der Waals surface area contributed by atoms with E-state index in [1.807, 2.05) is 71.0 Å². The lowest BCUT2D eigenvalue weighted by molar-refractivity contribution is -0.144. The minimum atomic E-state index is -0.623. The monoisotopic (exact) mass is 435 g/mol. The SMILES string of the molecule is CC[C@@H](C)C(=O)N1Cc2ccccc2C[C@@H]1C(=O)NCC(=O)Nc1c(C)cc(C)cc1C. The summed E-state index contributed by atoms with van der Waals surface area (Å²) in [6, 6.07) is 11.3. The fraction of sp³-hybridized carbons (Fsp3) is 0.423. The molecule has 3 amide bonds. The number of carbonyl (C=O) groups is 3. The van der Waals surface area contributed by atoms with Crippen LogP contribution in [0.15, 0.2) is 36.4 Å². The van der Waals surface area contributed by atoms with Gasteiger partial charge in [0.25, 0.3) is 0 Å². The zero-order valence-electron chi connectivity index (χ0n) is 19.6. The molecule has 0 spiro atoms. The molecule has 1 aliphatic rings. The maximum absolute atomic E-state index is 13.1. The van der Waals surface area contributed by atoms with Crippen LogP contribution in [-0.2, 0) is 27.3 Å². The van der Waals surface area contributed by atoms with Crippen molar-refractivity contribution in [2.75, 3.05) is 11.9 Å². The van der Waals surface area contributed by atoms with Crippen LogP contribution in [0.1, 0.15) is 48.1 Å². The van der Waals surface area contributed by atoms with Crippen LogP contribution in [0.5, 0.6) is 0 Å². The van der Waals surface area contributed by atoms with Crippen molar-refractivity contribution in [2.24, 2.45) is 5.92 Å². The molecule has 0 unspecified atom stereocenters. The van der Waals surface area contributed by atoms with Crippen molar-refractivity contribution in [2.45, 2.75) is 60.0 Å². The van der Waals surface area contributed by atoms with E-state index in [0.29, 0.717) is 19.4 Å². The van der Waals surface area contributed by atoms with Gasteiger partial charge in [-0.15, -0.1) is 0 Å². The van der Waals surface area contributed by atoms with Crippen molar-refractivity contribution in [1.82, 2.24) is 10.2 Å². The maximum atomic E-state index is 13.1. The Bertz CT molecular complexity index is 1010. The Hall–Kier alpha value is -3.15.